The average molecular weight is 396 g/mol. The number of hydrogen-bond donors (Lipinski definition) is 0. The summed E-state index contributed by atoms with van der Waals surface area (Å²) in [6.45, 7) is 5.73. The van der Waals surface area contributed by atoms with Gasteiger partial charge in [-0.3, -0.25) is 0 Å². The Hall–Kier alpha value is -1.16. The molecule has 1 atom stereocenters. The molecule has 0 fully saturated rings. The number of ether oxygens (including phenoxy) is 1. The van der Waals surface area contributed by atoms with Crippen molar-refractivity contribution in [2.75, 3.05) is 0 Å². The SMILES string of the molecule is C=CC(=O)OC(CCCCCCCCCCC)c1cccnc1Br. The summed E-state index contributed by atoms with van der Waals surface area (Å²) in [7, 11) is 0. The number of hydrogen-bond acceptors (Lipinski definition) is 3. The number of halogens is 1. The lowest BCUT2D eigenvalue weighted by atomic mass is 10.0. The summed E-state index contributed by atoms with van der Waals surface area (Å²) in [5.74, 6) is -0.383. The highest BCUT2D eigenvalue weighted by Gasteiger charge is 2.18. The van der Waals surface area contributed by atoms with Crippen molar-refractivity contribution in [2.45, 2.75) is 77.2 Å². The lowest BCUT2D eigenvalue weighted by Gasteiger charge is -2.18. The first-order valence-electron chi connectivity index (χ1n) is 9.12. The molecule has 1 unspecified atom stereocenters. The first-order chi connectivity index (χ1) is 11.7. The van der Waals surface area contributed by atoms with Gasteiger partial charge in [0, 0.05) is 17.8 Å². The minimum atomic E-state index is -0.383. The Bertz CT molecular complexity index is 490. The van der Waals surface area contributed by atoms with E-state index in [1.807, 2.05) is 12.1 Å². The molecule has 1 aromatic rings. The second-order valence-corrected chi connectivity index (χ2v) is 6.88. The number of esters is 1. The fourth-order valence-corrected chi connectivity index (χ4v) is 3.25. The molecule has 1 aromatic heterocycles. The second kappa shape index (κ2) is 13.2. The molecule has 0 aliphatic carbocycles. The maximum atomic E-state index is 11.6. The molecule has 0 amide bonds. The van der Waals surface area contributed by atoms with Crippen LogP contribution in [0.2, 0.25) is 0 Å². The third kappa shape index (κ3) is 8.62. The van der Waals surface area contributed by atoms with E-state index in [0.29, 0.717) is 0 Å². The van der Waals surface area contributed by atoms with Crippen molar-refractivity contribution in [3.63, 3.8) is 0 Å². The molecule has 0 N–H and O–H groups in total. The Morgan fingerprint density at radius 2 is 1.83 bits per heavy atom. The lowest BCUT2D eigenvalue weighted by Crippen LogP contribution is -2.10. The van der Waals surface area contributed by atoms with Crippen LogP contribution in [0.25, 0.3) is 0 Å². The summed E-state index contributed by atoms with van der Waals surface area (Å²) >= 11 is 3.44. The molecule has 4 heteroatoms. The average Bonchev–Trinajstić information content (AvgIpc) is 2.59. The third-order valence-corrected chi connectivity index (χ3v) is 4.79. The van der Waals surface area contributed by atoms with E-state index in [2.05, 4.69) is 34.4 Å². The zero-order chi connectivity index (χ0) is 17.6. The molecule has 0 saturated carbocycles. The van der Waals surface area contributed by atoms with Crippen molar-refractivity contribution in [1.29, 1.82) is 0 Å². The van der Waals surface area contributed by atoms with Crippen molar-refractivity contribution in [1.82, 2.24) is 4.98 Å². The molecular weight excluding hydrogens is 366 g/mol. The van der Waals surface area contributed by atoms with Crippen LogP contribution in [0.3, 0.4) is 0 Å². The summed E-state index contributed by atoms with van der Waals surface area (Å²) in [5, 5.41) is 0. The summed E-state index contributed by atoms with van der Waals surface area (Å²) < 4.78 is 6.25. The minimum Gasteiger partial charge on any atom is -0.454 e. The standard InChI is InChI=1S/C20H30BrNO2/c1-3-5-6-7-8-9-10-11-12-15-18(24-19(23)4-2)17-14-13-16-22-20(17)21/h4,13-14,16,18H,2-3,5-12,15H2,1H3. The van der Waals surface area contributed by atoms with Crippen LogP contribution >= 0.6 is 15.9 Å². The van der Waals surface area contributed by atoms with Crippen molar-refractivity contribution >= 4 is 21.9 Å². The molecule has 0 aliphatic rings. The van der Waals surface area contributed by atoms with Gasteiger partial charge in [0.2, 0.25) is 0 Å². The van der Waals surface area contributed by atoms with E-state index in [0.717, 1.165) is 23.0 Å². The van der Waals surface area contributed by atoms with Crippen LogP contribution < -0.4 is 0 Å². The van der Waals surface area contributed by atoms with Gasteiger partial charge in [0.15, 0.2) is 0 Å². The van der Waals surface area contributed by atoms with Gasteiger partial charge in [-0.05, 0) is 34.8 Å². The van der Waals surface area contributed by atoms with Crippen LogP contribution in [-0.2, 0) is 9.53 Å². The quantitative estimate of drug-likeness (QED) is 0.165. The monoisotopic (exact) mass is 395 g/mol. The molecule has 1 heterocycles. The molecule has 0 bridgehead atoms. The fourth-order valence-electron chi connectivity index (χ4n) is 2.75. The first kappa shape index (κ1) is 20.9. The van der Waals surface area contributed by atoms with Crippen molar-refractivity contribution in [3.05, 3.63) is 41.2 Å². The van der Waals surface area contributed by atoms with Crippen LogP contribution in [0, 0.1) is 0 Å². The Kier molecular flexibility index (Phi) is 11.5. The number of unbranched alkanes of at least 4 members (excludes halogenated alkanes) is 8. The number of nitrogens with zero attached hydrogens (tertiary/aromatic N) is 1. The predicted octanol–water partition coefficient (Wildman–Crippen LogP) is 6.54. The zero-order valence-corrected chi connectivity index (χ0v) is 16.4. The summed E-state index contributed by atoms with van der Waals surface area (Å²) in [4.78, 5) is 15.8. The van der Waals surface area contributed by atoms with Gasteiger partial charge in [-0.25, -0.2) is 9.78 Å². The summed E-state index contributed by atoms with van der Waals surface area (Å²) in [6.07, 6.45) is 15.0. The molecule has 134 valence electrons. The van der Waals surface area contributed by atoms with Crippen molar-refractivity contribution < 1.29 is 9.53 Å². The zero-order valence-electron chi connectivity index (χ0n) is 14.8. The topological polar surface area (TPSA) is 39.2 Å². The highest BCUT2D eigenvalue weighted by molar-refractivity contribution is 9.10. The largest absolute Gasteiger partial charge is 0.454 e. The van der Waals surface area contributed by atoms with Gasteiger partial charge in [-0.1, -0.05) is 70.9 Å². The number of carbonyl (C=O) groups excluding carboxylic acids is 1. The van der Waals surface area contributed by atoms with E-state index in [-0.39, 0.29) is 12.1 Å². The lowest BCUT2D eigenvalue weighted by molar-refractivity contribution is -0.143. The highest BCUT2D eigenvalue weighted by Crippen LogP contribution is 2.29. The van der Waals surface area contributed by atoms with E-state index >= 15 is 0 Å². The van der Waals surface area contributed by atoms with E-state index in [1.165, 1.54) is 57.4 Å². The van der Waals surface area contributed by atoms with Gasteiger partial charge in [0.05, 0.1) is 0 Å². The number of aromatic nitrogens is 1. The van der Waals surface area contributed by atoms with Gasteiger partial charge < -0.3 is 4.74 Å². The molecule has 0 radical (unpaired) electrons. The van der Waals surface area contributed by atoms with Gasteiger partial charge in [-0.2, -0.15) is 0 Å². The number of rotatable bonds is 13. The Balaban J connectivity index is 2.34. The minimum absolute atomic E-state index is 0.261. The molecule has 0 aliphatic heterocycles. The Labute approximate surface area is 155 Å². The normalized spacial score (nSPS) is 11.9. The van der Waals surface area contributed by atoms with Crippen LogP contribution in [0.5, 0.6) is 0 Å². The first-order valence-corrected chi connectivity index (χ1v) is 9.91. The maximum Gasteiger partial charge on any atom is 0.330 e. The third-order valence-electron chi connectivity index (χ3n) is 4.13. The molecule has 1 rings (SSSR count). The molecule has 0 saturated heterocycles. The van der Waals surface area contributed by atoms with Crippen LogP contribution in [0.1, 0.15) is 82.8 Å². The summed E-state index contributed by atoms with van der Waals surface area (Å²) in [5.41, 5.74) is 0.923. The van der Waals surface area contributed by atoms with Crippen LogP contribution in [0.15, 0.2) is 35.6 Å². The molecule has 24 heavy (non-hydrogen) atoms. The smallest absolute Gasteiger partial charge is 0.330 e. The van der Waals surface area contributed by atoms with Gasteiger partial charge >= 0.3 is 5.97 Å². The van der Waals surface area contributed by atoms with Crippen molar-refractivity contribution in [2.24, 2.45) is 0 Å². The fraction of sp³-hybridized carbons (Fsp3) is 0.600. The van der Waals surface area contributed by atoms with Crippen molar-refractivity contribution in [3.8, 4) is 0 Å². The molecule has 0 aromatic carbocycles. The summed E-state index contributed by atoms with van der Waals surface area (Å²) in [6, 6.07) is 3.82. The van der Waals surface area contributed by atoms with Gasteiger partial charge in [-0.15, -0.1) is 0 Å². The number of carbonyl (C=O) groups is 1. The molecule has 3 nitrogen and oxygen atoms in total. The van der Waals surface area contributed by atoms with Crippen LogP contribution in [-0.4, -0.2) is 11.0 Å². The molecule has 0 spiro atoms. The van der Waals surface area contributed by atoms with E-state index < -0.39 is 0 Å². The second-order valence-electron chi connectivity index (χ2n) is 6.13. The number of pyridine rings is 1. The van der Waals surface area contributed by atoms with E-state index in [1.54, 1.807) is 6.20 Å². The Morgan fingerprint density at radius 3 is 2.42 bits per heavy atom. The van der Waals surface area contributed by atoms with Gasteiger partial charge in [0.25, 0.3) is 0 Å². The molecular formula is C20H30BrNO2. The van der Waals surface area contributed by atoms with E-state index in [4.69, 9.17) is 4.74 Å². The Morgan fingerprint density at radius 1 is 1.21 bits per heavy atom. The van der Waals surface area contributed by atoms with Gasteiger partial charge in [0.1, 0.15) is 10.7 Å². The van der Waals surface area contributed by atoms with E-state index in [9.17, 15) is 4.79 Å². The predicted molar refractivity (Wildman–Crippen MR) is 103 cm³/mol. The maximum absolute atomic E-state index is 11.6. The van der Waals surface area contributed by atoms with Crippen LogP contribution in [0.4, 0.5) is 0 Å². The highest BCUT2D eigenvalue weighted by atomic mass is 79.9.